The van der Waals surface area contributed by atoms with Crippen LogP contribution in [0.4, 0.5) is 4.79 Å². The van der Waals surface area contributed by atoms with Crippen molar-refractivity contribution in [2.45, 2.75) is 5.92 Å². The van der Waals surface area contributed by atoms with Crippen molar-refractivity contribution in [2.75, 3.05) is 13.2 Å². The number of carbonyl (C=O) groups is 1. The number of hydrogen-bond acceptors (Lipinski definition) is 3. The van der Waals surface area contributed by atoms with Crippen LogP contribution in [0.3, 0.4) is 0 Å². The third kappa shape index (κ3) is 3.92. The molecule has 1 aromatic heterocycles. The minimum atomic E-state index is -0.411. The zero-order valence-corrected chi connectivity index (χ0v) is 16.1. The highest BCUT2D eigenvalue weighted by molar-refractivity contribution is 7.16. The van der Waals surface area contributed by atoms with Gasteiger partial charge in [0.2, 0.25) is 0 Å². The van der Waals surface area contributed by atoms with Crippen LogP contribution < -0.4 is 5.32 Å². The molecule has 5 heteroatoms. The zero-order valence-electron chi connectivity index (χ0n) is 14.5. The van der Waals surface area contributed by atoms with Crippen LogP contribution in [0.1, 0.15) is 21.9 Å². The molecular formula is C22H18ClNO2S. The van der Waals surface area contributed by atoms with Crippen molar-refractivity contribution in [1.82, 2.24) is 5.32 Å². The molecular weight excluding hydrogens is 378 g/mol. The summed E-state index contributed by atoms with van der Waals surface area (Å²) >= 11 is 7.39. The lowest BCUT2D eigenvalue weighted by molar-refractivity contribution is 0.144. The van der Waals surface area contributed by atoms with Crippen molar-refractivity contribution >= 4 is 35.1 Å². The van der Waals surface area contributed by atoms with E-state index in [1.165, 1.54) is 33.6 Å². The lowest BCUT2D eigenvalue weighted by Gasteiger charge is -2.14. The summed E-state index contributed by atoms with van der Waals surface area (Å²) in [6, 6.07) is 20.4. The smallest absolute Gasteiger partial charge is 0.407 e. The van der Waals surface area contributed by atoms with E-state index in [4.69, 9.17) is 16.3 Å². The van der Waals surface area contributed by atoms with Crippen LogP contribution in [0.25, 0.3) is 17.2 Å². The average Bonchev–Trinajstić information content (AvgIpc) is 3.25. The van der Waals surface area contributed by atoms with Gasteiger partial charge in [0.25, 0.3) is 0 Å². The molecule has 27 heavy (non-hydrogen) atoms. The van der Waals surface area contributed by atoms with Gasteiger partial charge in [-0.2, -0.15) is 0 Å². The summed E-state index contributed by atoms with van der Waals surface area (Å²) in [5.41, 5.74) is 4.86. The normalized spacial score (nSPS) is 12.8. The fourth-order valence-corrected chi connectivity index (χ4v) is 4.38. The van der Waals surface area contributed by atoms with Crippen LogP contribution in [0.2, 0.25) is 4.34 Å². The topological polar surface area (TPSA) is 38.3 Å². The van der Waals surface area contributed by atoms with E-state index in [1.807, 2.05) is 48.6 Å². The number of carbonyl (C=O) groups excluding carboxylic acids is 1. The predicted molar refractivity (Wildman–Crippen MR) is 111 cm³/mol. The second-order valence-electron chi connectivity index (χ2n) is 6.25. The Kier molecular flexibility index (Phi) is 5.28. The van der Waals surface area contributed by atoms with Crippen molar-refractivity contribution < 1.29 is 9.53 Å². The van der Waals surface area contributed by atoms with Crippen molar-refractivity contribution in [3.8, 4) is 11.1 Å². The molecule has 0 unspecified atom stereocenters. The van der Waals surface area contributed by atoms with Gasteiger partial charge in [0.05, 0.1) is 4.34 Å². The van der Waals surface area contributed by atoms with Gasteiger partial charge >= 0.3 is 6.09 Å². The first-order valence-corrected chi connectivity index (χ1v) is 9.92. The number of hydrogen-bond donors (Lipinski definition) is 1. The maximum Gasteiger partial charge on any atom is 0.407 e. The second-order valence-corrected chi connectivity index (χ2v) is 8.00. The SMILES string of the molecule is O=C(NCC=Cc1ccc(Cl)s1)OCC1c2ccccc2-c2ccccc21. The molecule has 1 aliphatic rings. The van der Waals surface area contributed by atoms with Gasteiger partial charge in [0.1, 0.15) is 6.61 Å². The molecule has 0 spiro atoms. The molecule has 1 amide bonds. The summed E-state index contributed by atoms with van der Waals surface area (Å²) in [6.07, 6.45) is 3.40. The predicted octanol–water partition coefficient (Wildman–Crippen LogP) is 5.95. The molecule has 1 heterocycles. The number of ether oxygens (including phenoxy) is 1. The third-order valence-corrected chi connectivity index (χ3v) is 5.78. The summed E-state index contributed by atoms with van der Waals surface area (Å²) in [6.45, 7) is 0.732. The Hall–Kier alpha value is -2.56. The molecule has 0 aliphatic heterocycles. The molecule has 0 atom stereocenters. The van der Waals surface area contributed by atoms with Gasteiger partial charge in [-0.3, -0.25) is 0 Å². The lowest BCUT2D eigenvalue weighted by atomic mass is 9.98. The lowest BCUT2D eigenvalue weighted by Crippen LogP contribution is -2.26. The average molecular weight is 396 g/mol. The molecule has 4 rings (SSSR count). The van der Waals surface area contributed by atoms with Crippen LogP contribution in [0.15, 0.2) is 66.7 Å². The maximum atomic E-state index is 12.1. The molecule has 0 bridgehead atoms. The Balaban J connectivity index is 1.34. The molecule has 1 N–H and O–H groups in total. The molecule has 0 saturated heterocycles. The summed E-state index contributed by atoms with van der Waals surface area (Å²) < 4.78 is 6.24. The monoisotopic (exact) mass is 395 g/mol. The second kappa shape index (κ2) is 7.99. The summed E-state index contributed by atoms with van der Waals surface area (Å²) in [4.78, 5) is 13.1. The molecule has 3 aromatic rings. The van der Waals surface area contributed by atoms with Gasteiger partial charge in [-0.25, -0.2) is 4.79 Å². The number of fused-ring (bicyclic) bond motifs is 3. The largest absolute Gasteiger partial charge is 0.449 e. The van der Waals surface area contributed by atoms with Crippen LogP contribution in [-0.2, 0) is 4.74 Å². The maximum absolute atomic E-state index is 12.1. The van der Waals surface area contributed by atoms with E-state index < -0.39 is 6.09 Å². The van der Waals surface area contributed by atoms with Crippen LogP contribution in [0.5, 0.6) is 0 Å². The highest BCUT2D eigenvalue weighted by Gasteiger charge is 2.28. The molecule has 136 valence electrons. The first kappa shape index (κ1) is 17.8. The highest BCUT2D eigenvalue weighted by Crippen LogP contribution is 2.44. The zero-order chi connectivity index (χ0) is 18.6. The Morgan fingerprint density at radius 1 is 1.04 bits per heavy atom. The van der Waals surface area contributed by atoms with E-state index in [0.29, 0.717) is 13.2 Å². The first-order chi connectivity index (χ1) is 13.2. The van der Waals surface area contributed by atoms with Crippen LogP contribution in [0, 0.1) is 0 Å². The number of benzene rings is 2. The highest BCUT2D eigenvalue weighted by atomic mass is 35.5. The summed E-state index contributed by atoms with van der Waals surface area (Å²) in [7, 11) is 0. The number of rotatable bonds is 5. The minimum absolute atomic E-state index is 0.0759. The van der Waals surface area contributed by atoms with Crippen LogP contribution >= 0.6 is 22.9 Å². The number of amides is 1. The minimum Gasteiger partial charge on any atom is -0.449 e. The van der Waals surface area contributed by atoms with E-state index in [9.17, 15) is 4.79 Å². The third-order valence-electron chi connectivity index (χ3n) is 4.58. The fraction of sp³-hybridized carbons (Fsp3) is 0.136. The Labute approximate surface area is 167 Å². The molecule has 0 fully saturated rings. The Bertz CT molecular complexity index is 950. The van der Waals surface area contributed by atoms with E-state index in [0.717, 1.165) is 9.21 Å². The van der Waals surface area contributed by atoms with E-state index in [-0.39, 0.29) is 5.92 Å². The van der Waals surface area contributed by atoms with Crippen molar-refractivity contribution in [2.24, 2.45) is 0 Å². The number of halogens is 1. The number of alkyl carbamates (subject to hydrolysis) is 1. The Morgan fingerprint density at radius 2 is 1.70 bits per heavy atom. The Morgan fingerprint density at radius 3 is 2.33 bits per heavy atom. The molecule has 0 radical (unpaired) electrons. The molecule has 3 nitrogen and oxygen atoms in total. The van der Waals surface area contributed by atoms with Gasteiger partial charge in [0, 0.05) is 17.3 Å². The van der Waals surface area contributed by atoms with Gasteiger partial charge in [-0.15, -0.1) is 11.3 Å². The van der Waals surface area contributed by atoms with Gasteiger partial charge in [-0.05, 0) is 40.5 Å². The molecule has 1 aliphatic carbocycles. The number of nitrogens with one attached hydrogen (secondary N) is 1. The van der Waals surface area contributed by atoms with Gasteiger partial charge in [-0.1, -0.05) is 66.2 Å². The number of thiophene rings is 1. The first-order valence-electron chi connectivity index (χ1n) is 8.73. The van der Waals surface area contributed by atoms with E-state index in [1.54, 1.807) is 0 Å². The van der Waals surface area contributed by atoms with E-state index >= 15 is 0 Å². The standard InChI is InChI=1S/C22H18ClNO2S/c23-21-12-11-15(27-21)6-5-13-24-22(25)26-14-20-18-9-3-1-7-16(18)17-8-2-4-10-19(17)20/h1-12,20H,13-14H2,(H,24,25). The fourth-order valence-electron chi connectivity index (χ4n) is 3.38. The summed E-state index contributed by atoms with van der Waals surface area (Å²) in [5, 5.41) is 2.76. The molecule has 0 saturated carbocycles. The van der Waals surface area contributed by atoms with Crippen molar-refractivity contribution in [1.29, 1.82) is 0 Å². The molecule has 2 aromatic carbocycles. The summed E-state index contributed by atoms with van der Waals surface area (Å²) in [5.74, 6) is 0.0759. The van der Waals surface area contributed by atoms with Crippen LogP contribution in [-0.4, -0.2) is 19.2 Å². The van der Waals surface area contributed by atoms with Gasteiger partial charge < -0.3 is 10.1 Å². The van der Waals surface area contributed by atoms with Crippen molar-refractivity contribution in [3.05, 3.63) is 87.1 Å². The quantitative estimate of drug-likeness (QED) is 0.579. The van der Waals surface area contributed by atoms with Crippen molar-refractivity contribution in [3.63, 3.8) is 0 Å². The van der Waals surface area contributed by atoms with Gasteiger partial charge in [0.15, 0.2) is 0 Å². The van der Waals surface area contributed by atoms with E-state index in [2.05, 4.69) is 29.6 Å².